The standard InChI is InChI=1S/C11H19N5O/c12-10-2-4-14-11(15-10)13-3-1-5-16-6-8-17-9-7-16/h2,4H,1,3,5-9H2,(H3,12,13,14,15). The maximum Gasteiger partial charge on any atom is 0.224 e. The summed E-state index contributed by atoms with van der Waals surface area (Å²) in [5, 5.41) is 3.16. The van der Waals surface area contributed by atoms with Crippen LogP contribution in [0.4, 0.5) is 11.8 Å². The van der Waals surface area contributed by atoms with Crippen molar-refractivity contribution < 1.29 is 4.74 Å². The first kappa shape index (κ1) is 12.1. The summed E-state index contributed by atoms with van der Waals surface area (Å²) in [5.74, 6) is 1.10. The molecule has 2 rings (SSSR count). The Morgan fingerprint density at radius 3 is 3.00 bits per heavy atom. The van der Waals surface area contributed by atoms with E-state index >= 15 is 0 Å². The number of ether oxygens (including phenoxy) is 1. The SMILES string of the molecule is Nc1ccnc(NCCCN2CCOCC2)n1. The Balaban J connectivity index is 1.62. The van der Waals surface area contributed by atoms with Crippen molar-refractivity contribution in [3.8, 4) is 0 Å². The molecule has 0 radical (unpaired) electrons. The maximum atomic E-state index is 5.57. The lowest BCUT2D eigenvalue weighted by atomic mass is 10.3. The number of anilines is 2. The van der Waals surface area contributed by atoms with Crippen molar-refractivity contribution in [3.63, 3.8) is 0 Å². The largest absolute Gasteiger partial charge is 0.384 e. The van der Waals surface area contributed by atoms with Gasteiger partial charge in [0.1, 0.15) is 5.82 Å². The average Bonchev–Trinajstić information content (AvgIpc) is 2.36. The van der Waals surface area contributed by atoms with Gasteiger partial charge in [-0.15, -0.1) is 0 Å². The van der Waals surface area contributed by atoms with Gasteiger partial charge in [-0.3, -0.25) is 4.90 Å². The van der Waals surface area contributed by atoms with Gasteiger partial charge in [0.05, 0.1) is 13.2 Å². The number of hydrogen-bond acceptors (Lipinski definition) is 6. The van der Waals surface area contributed by atoms with Gasteiger partial charge in [0.2, 0.25) is 5.95 Å². The minimum absolute atomic E-state index is 0.496. The van der Waals surface area contributed by atoms with Crippen molar-refractivity contribution in [2.45, 2.75) is 6.42 Å². The minimum Gasteiger partial charge on any atom is -0.384 e. The number of nitrogen functional groups attached to an aromatic ring is 1. The van der Waals surface area contributed by atoms with Crippen LogP contribution in [0.1, 0.15) is 6.42 Å². The number of nitrogens with two attached hydrogens (primary N) is 1. The lowest BCUT2D eigenvalue weighted by molar-refractivity contribution is 0.0378. The van der Waals surface area contributed by atoms with E-state index in [0.29, 0.717) is 11.8 Å². The molecule has 1 aromatic rings. The first-order valence-corrected chi connectivity index (χ1v) is 5.97. The zero-order chi connectivity index (χ0) is 11.9. The van der Waals surface area contributed by atoms with Crippen molar-refractivity contribution in [2.24, 2.45) is 0 Å². The van der Waals surface area contributed by atoms with E-state index in [4.69, 9.17) is 10.5 Å². The number of aromatic nitrogens is 2. The summed E-state index contributed by atoms with van der Waals surface area (Å²) in [5.41, 5.74) is 5.57. The first-order valence-electron chi connectivity index (χ1n) is 5.97. The van der Waals surface area contributed by atoms with Gasteiger partial charge in [0, 0.05) is 25.8 Å². The molecular weight excluding hydrogens is 218 g/mol. The highest BCUT2D eigenvalue weighted by Gasteiger charge is 2.08. The van der Waals surface area contributed by atoms with E-state index in [9.17, 15) is 0 Å². The Kier molecular flexibility index (Phi) is 4.52. The second-order valence-electron chi connectivity index (χ2n) is 4.04. The molecule has 0 aromatic carbocycles. The number of hydrogen-bond donors (Lipinski definition) is 2. The van der Waals surface area contributed by atoms with Gasteiger partial charge in [0.25, 0.3) is 0 Å². The zero-order valence-corrected chi connectivity index (χ0v) is 9.93. The van der Waals surface area contributed by atoms with Crippen LogP contribution in [0.5, 0.6) is 0 Å². The number of nitrogens with zero attached hydrogens (tertiary/aromatic N) is 3. The quantitative estimate of drug-likeness (QED) is 0.712. The first-order chi connectivity index (χ1) is 8.34. The third-order valence-corrected chi connectivity index (χ3v) is 2.72. The predicted octanol–water partition coefficient (Wildman–Crippen LogP) is 0.193. The zero-order valence-electron chi connectivity index (χ0n) is 9.93. The van der Waals surface area contributed by atoms with Crippen LogP contribution in [-0.2, 0) is 4.74 Å². The molecule has 1 aromatic heterocycles. The minimum atomic E-state index is 0.496. The van der Waals surface area contributed by atoms with Crippen LogP contribution in [0.2, 0.25) is 0 Å². The van der Waals surface area contributed by atoms with Crippen LogP contribution in [-0.4, -0.2) is 54.3 Å². The summed E-state index contributed by atoms with van der Waals surface area (Å²) in [6.45, 7) is 5.72. The third kappa shape index (κ3) is 4.16. The summed E-state index contributed by atoms with van der Waals surface area (Å²) in [4.78, 5) is 10.6. The fourth-order valence-electron chi connectivity index (χ4n) is 1.79. The normalized spacial score (nSPS) is 16.9. The summed E-state index contributed by atoms with van der Waals surface area (Å²) >= 11 is 0. The second kappa shape index (κ2) is 6.36. The molecule has 17 heavy (non-hydrogen) atoms. The van der Waals surface area contributed by atoms with Crippen LogP contribution < -0.4 is 11.1 Å². The van der Waals surface area contributed by atoms with Gasteiger partial charge in [0.15, 0.2) is 0 Å². The molecule has 94 valence electrons. The Hall–Kier alpha value is -1.40. The lowest BCUT2D eigenvalue weighted by Gasteiger charge is -2.26. The van der Waals surface area contributed by atoms with Crippen LogP contribution >= 0.6 is 0 Å². The van der Waals surface area contributed by atoms with E-state index in [1.165, 1.54) is 0 Å². The predicted molar refractivity (Wildman–Crippen MR) is 66.8 cm³/mol. The number of nitrogens with one attached hydrogen (secondary N) is 1. The van der Waals surface area contributed by atoms with E-state index in [1.807, 2.05) is 0 Å². The molecule has 0 aliphatic carbocycles. The fourth-order valence-corrected chi connectivity index (χ4v) is 1.79. The second-order valence-corrected chi connectivity index (χ2v) is 4.04. The molecule has 0 atom stereocenters. The topological polar surface area (TPSA) is 76.3 Å². The molecule has 2 heterocycles. The number of morpholine rings is 1. The monoisotopic (exact) mass is 237 g/mol. The molecule has 1 saturated heterocycles. The fraction of sp³-hybridized carbons (Fsp3) is 0.636. The van der Waals surface area contributed by atoms with Gasteiger partial charge in [-0.25, -0.2) is 4.98 Å². The van der Waals surface area contributed by atoms with E-state index < -0.39 is 0 Å². The summed E-state index contributed by atoms with van der Waals surface area (Å²) in [7, 11) is 0. The third-order valence-electron chi connectivity index (χ3n) is 2.72. The molecule has 6 heteroatoms. The van der Waals surface area contributed by atoms with Crippen molar-refractivity contribution in [1.29, 1.82) is 0 Å². The highest BCUT2D eigenvalue weighted by atomic mass is 16.5. The Bertz CT molecular complexity index is 340. The van der Waals surface area contributed by atoms with Crippen molar-refractivity contribution in [2.75, 3.05) is 50.4 Å². The molecule has 0 spiro atoms. The molecule has 0 amide bonds. The van der Waals surface area contributed by atoms with Crippen LogP contribution in [0, 0.1) is 0 Å². The molecule has 0 bridgehead atoms. The van der Waals surface area contributed by atoms with Crippen LogP contribution in [0.15, 0.2) is 12.3 Å². The van der Waals surface area contributed by atoms with Crippen molar-refractivity contribution in [3.05, 3.63) is 12.3 Å². The lowest BCUT2D eigenvalue weighted by Crippen LogP contribution is -2.37. The molecule has 1 fully saturated rings. The summed E-state index contributed by atoms with van der Waals surface area (Å²) < 4.78 is 5.30. The van der Waals surface area contributed by atoms with Crippen LogP contribution in [0.25, 0.3) is 0 Å². The smallest absolute Gasteiger partial charge is 0.224 e. The van der Waals surface area contributed by atoms with E-state index in [2.05, 4.69) is 20.2 Å². The highest BCUT2D eigenvalue weighted by Crippen LogP contribution is 2.02. The Morgan fingerprint density at radius 1 is 1.41 bits per heavy atom. The van der Waals surface area contributed by atoms with Gasteiger partial charge in [-0.2, -0.15) is 4.98 Å². The summed E-state index contributed by atoms with van der Waals surface area (Å²) in [6, 6.07) is 1.68. The molecular formula is C11H19N5O. The molecule has 0 saturated carbocycles. The average molecular weight is 237 g/mol. The van der Waals surface area contributed by atoms with Crippen LogP contribution in [0.3, 0.4) is 0 Å². The maximum absolute atomic E-state index is 5.57. The molecule has 6 nitrogen and oxygen atoms in total. The van der Waals surface area contributed by atoms with Gasteiger partial charge >= 0.3 is 0 Å². The Labute approximate surface area is 101 Å². The molecule has 3 N–H and O–H groups in total. The van der Waals surface area contributed by atoms with Gasteiger partial charge < -0.3 is 15.8 Å². The molecule has 0 unspecified atom stereocenters. The van der Waals surface area contributed by atoms with Gasteiger partial charge in [-0.1, -0.05) is 0 Å². The van der Waals surface area contributed by atoms with E-state index in [-0.39, 0.29) is 0 Å². The van der Waals surface area contributed by atoms with Crippen molar-refractivity contribution in [1.82, 2.24) is 14.9 Å². The highest BCUT2D eigenvalue weighted by molar-refractivity contribution is 5.34. The van der Waals surface area contributed by atoms with Gasteiger partial charge in [-0.05, 0) is 19.0 Å². The number of rotatable bonds is 5. The van der Waals surface area contributed by atoms with E-state index in [0.717, 1.165) is 45.8 Å². The van der Waals surface area contributed by atoms with Crippen molar-refractivity contribution >= 4 is 11.8 Å². The summed E-state index contributed by atoms with van der Waals surface area (Å²) in [6.07, 6.45) is 2.73. The molecule has 1 aliphatic heterocycles. The molecule has 1 aliphatic rings. The Morgan fingerprint density at radius 2 is 2.24 bits per heavy atom. The van der Waals surface area contributed by atoms with E-state index in [1.54, 1.807) is 12.3 Å².